The number of methoxy groups -OCH3 is 1. The quantitative estimate of drug-likeness (QED) is 0.571. The maximum atomic E-state index is 12.7. The summed E-state index contributed by atoms with van der Waals surface area (Å²) in [5.74, 6) is -0.0874. The Balaban J connectivity index is 5.10. The number of nitrogens with zero attached hydrogens (tertiary/aromatic N) is 2. The van der Waals surface area contributed by atoms with Gasteiger partial charge in [-0.05, 0) is 12.8 Å². The molecule has 0 fully saturated rings. The van der Waals surface area contributed by atoms with Crippen LogP contribution in [0.25, 0.3) is 0 Å². The molecule has 0 aromatic rings. The normalized spacial score (nSPS) is 10.8. The van der Waals surface area contributed by atoms with E-state index in [1.807, 2.05) is 13.8 Å². The molecule has 0 aliphatic rings. The summed E-state index contributed by atoms with van der Waals surface area (Å²) in [6.45, 7) is 9.10. The highest BCUT2D eigenvalue weighted by atomic mass is 16.5. The van der Waals surface area contributed by atoms with E-state index in [9.17, 15) is 10.1 Å². The Labute approximate surface area is 117 Å². The predicted octanol–water partition coefficient (Wildman–Crippen LogP) is 2.76. The first-order valence-corrected chi connectivity index (χ1v) is 6.92. The van der Waals surface area contributed by atoms with Crippen LogP contribution in [0.2, 0.25) is 0 Å². The van der Waals surface area contributed by atoms with Crippen LogP contribution in [0.15, 0.2) is 12.7 Å². The number of hydrogen-bond donors (Lipinski definition) is 0. The zero-order chi connectivity index (χ0) is 14.7. The lowest BCUT2D eigenvalue weighted by atomic mass is 9.79. The van der Waals surface area contributed by atoms with Gasteiger partial charge in [-0.3, -0.25) is 4.79 Å². The maximum Gasteiger partial charge on any atom is 0.243 e. The standard InChI is InChI=1S/C15H26N2O2/c1-5-8-15(13-16,9-6-2)14(18)17(10-7-3)11-12-19-4/h7H,3,5-6,8-12H2,1-2,4H3. The van der Waals surface area contributed by atoms with Crippen LogP contribution >= 0.6 is 0 Å². The molecule has 0 atom stereocenters. The van der Waals surface area contributed by atoms with Crippen LogP contribution in [-0.2, 0) is 9.53 Å². The van der Waals surface area contributed by atoms with Gasteiger partial charge in [0.05, 0.1) is 12.7 Å². The van der Waals surface area contributed by atoms with E-state index in [0.717, 1.165) is 12.8 Å². The molecule has 0 rings (SSSR count). The van der Waals surface area contributed by atoms with Gasteiger partial charge in [0.2, 0.25) is 5.91 Å². The number of nitriles is 1. The number of amides is 1. The van der Waals surface area contributed by atoms with Crippen LogP contribution in [0.5, 0.6) is 0 Å². The third kappa shape index (κ3) is 5.04. The number of carbonyl (C=O) groups is 1. The molecular formula is C15H26N2O2. The van der Waals surface area contributed by atoms with Crippen molar-refractivity contribution >= 4 is 5.91 Å². The lowest BCUT2D eigenvalue weighted by molar-refractivity contribution is -0.140. The fourth-order valence-electron chi connectivity index (χ4n) is 2.29. The van der Waals surface area contributed by atoms with Gasteiger partial charge < -0.3 is 9.64 Å². The van der Waals surface area contributed by atoms with Crippen molar-refractivity contribution in [1.82, 2.24) is 4.90 Å². The average molecular weight is 266 g/mol. The summed E-state index contributed by atoms with van der Waals surface area (Å²) >= 11 is 0. The van der Waals surface area contributed by atoms with Crippen LogP contribution < -0.4 is 0 Å². The van der Waals surface area contributed by atoms with Gasteiger partial charge in [-0.1, -0.05) is 32.8 Å². The smallest absolute Gasteiger partial charge is 0.243 e. The van der Waals surface area contributed by atoms with Gasteiger partial charge in [0, 0.05) is 20.2 Å². The van der Waals surface area contributed by atoms with Crippen LogP contribution in [0.4, 0.5) is 0 Å². The molecule has 0 aliphatic carbocycles. The minimum Gasteiger partial charge on any atom is -0.383 e. The maximum absolute atomic E-state index is 12.7. The zero-order valence-electron chi connectivity index (χ0n) is 12.4. The SMILES string of the molecule is C=CCN(CCOC)C(=O)C(C#N)(CCC)CCC. The third-order valence-electron chi connectivity index (χ3n) is 3.18. The highest BCUT2D eigenvalue weighted by Gasteiger charge is 2.39. The van der Waals surface area contributed by atoms with Crippen LogP contribution in [0.3, 0.4) is 0 Å². The summed E-state index contributed by atoms with van der Waals surface area (Å²) in [4.78, 5) is 14.3. The molecular weight excluding hydrogens is 240 g/mol. The highest BCUT2D eigenvalue weighted by molar-refractivity contribution is 5.85. The molecule has 4 nitrogen and oxygen atoms in total. The summed E-state index contributed by atoms with van der Waals surface area (Å²) in [6.07, 6.45) is 4.55. The minimum absolute atomic E-state index is 0.0874. The summed E-state index contributed by atoms with van der Waals surface area (Å²) in [7, 11) is 1.60. The Kier molecular flexibility index (Phi) is 8.90. The third-order valence-corrected chi connectivity index (χ3v) is 3.18. The molecule has 0 radical (unpaired) electrons. The van der Waals surface area contributed by atoms with Gasteiger partial charge in [-0.25, -0.2) is 0 Å². The van der Waals surface area contributed by atoms with Crippen molar-refractivity contribution in [3.05, 3.63) is 12.7 Å². The first-order valence-electron chi connectivity index (χ1n) is 6.92. The Morgan fingerprint density at radius 1 is 1.42 bits per heavy atom. The molecule has 0 N–H and O–H groups in total. The zero-order valence-corrected chi connectivity index (χ0v) is 12.4. The van der Waals surface area contributed by atoms with Crippen LogP contribution in [0, 0.1) is 16.7 Å². The molecule has 108 valence electrons. The van der Waals surface area contributed by atoms with E-state index >= 15 is 0 Å². The predicted molar refractivity (Wildman–Crippen MR) is 76.5 cm³/mol. The first-order chi connectivity index (χ1) is 9.11. The van der Waals surface area contributed by atoms with Gasteiger partial charge in [-0.15, -0.1) is 6.58 Å². The molecule has 4 heteroatoms. The van der Waals surface area contributed by atoms with Gasteiger partial charge in [-0.2, -0.15) is 5.26 Å². The molecule has 0 spiro atoms. The largest absolute Gasteiger partial charge is 0.383 e. The number of ether oxygens (including phenoxy) is 1. The minimum atomic E-state index is -0.889. The van der Waals surface area contributed by atoms with E-state index in [-0.39, 0.29) is 5.91 Å². The number of rotatable bonds is 10. The van der Waals surface area contributed by atoms with Crippen LogP contribution in [0.1, 0.15) is 39.5 Å². The molecule has 0 unspecified atom stereocenters. The Morgan fingerprint density at radius 3 is 2.37 bits per heavy atom. The van der Waals surface area contributed by atoms with Crippen molar-refractivity contribution in [3.8, 4) is 6.07 Å². The summed E-state index contributed by atoms with van der Waals surface area (Å²) in [5.41, 5.74) is -0.889. The van der Waals surface area contributed by atoms with Gasteiger partial charge in [0.15, 0.2) is 0 Å². The van der Waals surface area contributed by atoms with Gasteiger partial charge in [0.25, 0.3) is 0 Å². The highest BCUT2D eigenvalue weighted by Crippen LogP contribution is 2.31. The molecule has 0 saturated carbocycles. The van der Waals surface area contributed by atoms with E-state index in [1.165, 1.54) is 0 Å². The van der Waals surface area contributed by atoms with Crippen molar-refractivity contribution in [2.75, 3.05) is 26.8 Å². The van der Waals surface area contributed by atoms with E-state index in [2.05, 4.69) is 12.6 Å². The average Bonchev–Trinajstić information content (AvgIpc) is 2.42. The van der Waals surface area contributed by atoms with Crippen molar-refractivity contribution in [3.63, 3.8) is 0 Å². The number of hydrogen-bond acceptors (Lipinski definition) is 3. The van der Waals surface area contributed by atoms with Crippen LogP contribution in [-0.4, -0.2) is 37.6 Å². The van der Waals surface area contributed by atoms with E-state index in [1.54, 1.807) is 18.1 Å². The van der Waals surface area contributed by atoms with Crippen molar-refractivity contribution < 1.29 is 9.53 Å². The monoisotopic (exact) mass is 266 g/mol. The Morgan fingerprint density at radius 2 is 2.00 bits per heavy atom. The first kappa shape index (κ1) is 17.7. The Bertz CT molecular complexity index is 315. The van der Waals surface area contributed by atoms with E-state index < -0.39 is 5.41 Å². The summed E-state index contributed by atoms with van der Waals surface area (Å²) in [5, 5.41) is 9.50. The summed E-state index contributed by atoms with van der Waals surface area (Å²) in [6, 6.07) is 2.27. The molecule has 0 bridgehead atoms. The van der Waals surface area contributed by atoms with E-state index in [4.69, 9.17) is 4.74 Å². The lowest BCUT2D eigenvalue weighted by Crippen LogP contribution is -2.44. The second kappa shape index (κ2) is 9.57. The second-order valence-electron chi connectivity index (χ2n) is 4.73. The lowest BCUT2D eigenvalue weighted by Gasteiger charge is -2.31. The molecule has 0 aliphatic heterocycles. The topological polar surface area (TPSA) is 53.3 Å². The van der Waals surface area contributed by atoms with Gasteiger partial charge >= 0.3 is 0 Å². The number of carbonyl (C=O) groups excluding carboxylic acids is 1. The molecule has 0 aromatic carbocycles. The molecule has 0 aromatic heterocycles. The fraction of sp³-hybridized carbons (Fsp3) is 0.733. The molecule has 19 heavy (non-hydrogen) atoms. The fourth-order valence-corrected chi connectivity index (χ4v) is 2.29. The van der Waals surface area contributed by atoms with Gasteiger partial charge in [0.1, 0.15) is 5.41 Å². The second-order valence-corrected chi connectivity index (χ2v) is 4.73. The molecule has 1 amide bonds. The van der Waals surface area contributed by atoms with Crippen molar-refractivity contribution in [2.45, 2.75) is 39.5 Å². The molecule has 0 saturated heterocycles. The summed E-state index contributed by atoms with van der Waals surface area (Å²) < 4.78 is 5.02. The van der Waals surface area contributed by atoms with E-state index in [0.29, 0.717) is 32.5 Å². The Hall–Kier alpha value is -1.34. The molecule has 0 heterocycles. The van der Waals surface area contributed by atoms with Crippen molar-refractivity contribution in [1.29, 1.82) is 5.26 Å². The van der Waals surface area contributed by atoms with Crippen molar-refractivity contribution in [2.24, 2.45) is 5.41 Å².